The van der Waals surface area contributed by atoms with Gasteiger partial charge in [-0.3, -0.25) is 9.59 Å². The highest BCUT2D eigenvalue weighted by molar-refractivity contribution is 5.92. The minimum absolute atomic E-state index is 0.114. The monoisotopic (exact) mass is 314 g/mol. The lowest BCUT2D eigenvalue weighted by atomic mass is 9.84. The average molecular weight is 314 g/mol. The van der Waals surface area contributed by atoms with Crippen LogP contribution in [0.5, 0.6) is 0 Å². The lowest BCUT2D eigenvalue weighted by Gasteiger charge is -2.25. The Hall–Kier alpha value is -1.84. The highest BCUT2D eigenvalue weighted by Crippen LogP contribution is 2.50. The van der Waals surface area contributed by atoms with Crippen molar-refractivity contribution < 1.29 is 9.59 Å². The summed E-state index contributed by atoms with van der Waals surface area (Å²) in [6.07, 6.45) is 2.50. The molecule has 4 nitrogen and oxygen atoms in total. The average Bonchev–Trinajstić information content (AvgIpc) is 3.15. The number of nitrogens with zero attached hydrogens (tertiary/aromatic N) is 1. The molecule has 1 saturated heterocycles. The molecule has 0 spiro atoms. The first-order valence-corrected chi connectivity index (χ1v) is 8.44. The van der Waals surface area contributed by atoms with Gasteiger partial charge in [0.25, 0.3) is 0 Å². The van der Waals surface area contributed by atoms with Gasteiger partial charge in [0.05, 0.1) is 11.3 Å². The van der Waals surface area contributed by atoms with Crippen molar-refractivity contribution in [3.05, 3.63) is 35.4 Å². The van der Waals surface area contributed by atoms with E-state index in [1.165, 1.54) is 5.56 Å². The Balaban J connectivity index is 1.77. The first kappa shape index (κ1) is 16.0. The Morgan fingerprint density at radius 2 is 1.78 bits per heavy atom. The van der Waals surface area contributed by atoms with Crippen molar-refractivity contribution in [3.8, 4) is 0 Å². The van der Waals surface area contributed by atoms with Crippen LogP contribution < -0.4 is 5.73 Å². The van der Waals surface area contributed by atoms with E-state index in [1.807, 2.05) is 4.90 Å². The van der Waals surface area contributed by atoms with Crippen molar-refractivity contribution in [2.75, 3.05) is 13.1 Å². The molecule has 1 atom stereocenters. The third-order valence-corrected chi connectivity index (χ3v) is 5.34. The molecule has 3 rings (SSSR count). The van der Waals surface area contributed by atoms with Gasteiger partial charge in [-0.1, -0.05) is 45.0 Å². The fourth-order valence-corrected chi connectivity index (χ4v) is 3.52. The number of rotatable bonds is 3. The summed E-state index contributed by atoms with van der Waals surface area (Å²) >= 11 is 0. The van der Waals surface area contributed by atoms with E-state index in [0.717, 1.165) is 18.4 Å². The standard InChI is InChI=1S/C19H26N2O2/c1-18(2,3)14-4-6-15(7-5-14)19(9-10-19)17(23)21-11-8-13(12-21)16(20)22/h4-7,13H,8-12H2,1-3H3,(H2,20,22). The highest BCUT2D eigenvalue weighted by Gasteiger charge is 2.53. The van der Waals surface area contributed by atoms with Gasteiger partial charge in [-0.2, -0.15) is 0 Å². The van der Waals surface area contributed by atoms with E-state index in [2.05, 4.69) is 45.0 Å². The fourth-order valence-electron chi connectivity index (χ4n) is 3.52. The number of likely N-dealkylation sites (tertiary alicyclic amines) is 1. The van der Waals surface area contributed by atoms with Crippen LogP contribution >= 0.6 is 0 Å². The number of hydrogen-bond donors (Lipinski definition) is 1. The molecule has 2 aliphatic rings. The van der Waals surface area contributed by atoms with Crippen LogP contribution in [0.1, 0.15) is 51.2 Å². The van der Waals surface area contributed by atoms with E-state index in [-0.39, 0.29) is 28.6 Å². The van der Waals surface area contributed by atoms with Crippen molar-refractivity contribution >= 4 is 11.8 Å². The largest absolute Gasteiger partial charge is 0.369 e. The minimum atomic E-state index is -0.358. The van der Waals surface area contributed by atoms with Gasteiger partial charge >= 0.3 is 0 Å². The molecule has 124 valence electrons. The molecule has 2 fully saturated rings. The zero-order chi connectivity index (χ0) is 16.8. The molecule has 4 heteroatoms. The molecule has 2 N–H and O–H groups in total. The van der Waals surface area contributed by atoms with Crippen LogP contribution in [0.4, 0.5) is 0 Å². The van der Waals surface area contributed by atoms with Gasteiger partial charge in [-0.15, -0.1) is 0 Å². The second kappa shape index (κ2) is 5.36. The van der Waals surface area contributed by atoms with Crippen molar-refractivity contribution in [3.63, 3.8) is 0 Å². The number of hydrogen-bond acceptors (Lipinski definition) is 2. The SMILES string of the molecule is CC(C)(C)c1ccc(C2(C(=O)N3CCC(C(N)=O)C3)CC2)cc1. The highest BCUT2D eigenvalue weighted by atomic mass is 16.2. The van der Waals surface area contributed by atoms with Gasteiger partial charge in [0.1, 0.15) is 0 Å². The Bertz CT molecular complexity index is 624. The molecular formula is C19H26N2O2. The normalized spacial score (nSPS) is 22.9. The third kappa shape index (κ3) is 2.87. The Morgan fingerprint density at radius 1 is 1.17 bits per heavy atom. The number of nitrogens with two attached hydrogens (primary N) is 1. The van der Waals surface area contributed by atoms with Gasteiger partial charge in [0.15, 0.2) is 0 Å². The van der Waals surface area contributed by atoms with E-state index in [1.54, 1.807) is 0 Å². The van der Waals surface area contributed by atoms with Crippen LogP contribution in [0, 0.1) is 5.92 Å². The van der Waals surface area contributed by atoms with Gasteiger partial charge in [-0.05, 0) is 35.8 Å². The molecule has 23 heavy (non-hydrogen) atoms. The van der Waals surface area contributed by atoms with Crippen LogP contribution in [0.25, 0.3) is 0 Å². The summed E-state index contributed by atoms with van der Waals surface area (Å²) in [6.45, 7) is 7.70. The number of benzene rings is 1. The first-order valence-electron chi connectivity index (χ1n) is 8.44. The summed E-state index contributed by atoms with van der Waals surface area (Å²) in [6, 6.07) is 8.48. The second-order valence-electron chi connectivity index (χ2n) is 8.05. The fraction of sp³-hybridized carbons (Fsp3) is 0.579. The maximum absolute atomic E-state index is 13.0. The molecule has 1 aliphatic heterocycles. The van der Waals surface area contributed by atoms with Crippen LogP contribution in [0.3, 0.4) is 0 Å². The summed E-state index contributed by atoms with van der Waals surface area (Å²) < 4.78 is 0. The smallest absolute Gasteiger partial charge is 0.233 e. The molecule has 1 heterocycles. The van der Waals surface area contributed by atoms with Gasteiger partial charge in [0, 0.05) is 13.1 Å². The van der Waals surface area contributed by atoms with Crippen LogP contribution in [-0.4, -0.2) is 29.8 Å². The molecule has 1 unspecified atom stereocenters. The molecular weight excluding hydrogens is 288 g/mol. The molecule has 1 aromatic carbocycles. The number of carbonyl (C=O) groups is 2. The molecule has 1 aromatic rings. The van der Waals surface area contributed by atoms with E-state index < -0.39 is 0 Å². The minimum Gasteiger partial charge on any atom is -0.369 e. The maximum Gasteiger partial charge on any atom is 0.233 e. The van der Waals surface area contributed by atoms with Gasteiger partial charge in [-0.25, -0.2) is 0 Å². The number of primary amides is 1. The van der Waals surface area contributed by atoms with Crippen molar-refractivity contribution in [1.29, 1.82) is 0 Å². The van der Waals surface area contributed by atoms with Crippen molar-refractivity contribution in [1.82, 2.24) is 4.90 Å². The summed E-state index contributed by atoms with van der Waals surface area (Å²) in [4.78, 5) is 26.1. The zero-order valence-corrected chi connectivity index (χ0v) is 14.3. The maximum atomic E-state index is 13.0. The molecule has 2 amide bonds. The Morgan fingerprint density at radius 3 is 2.22 bits per heavy atom. The van der Waals surface area contributed by atoms with E-state index in [9.17, 15) is 9.59 Å². The predicted octanol–water partition coefficient (Wildman–Crippen LogP) is 2.35. The first-order chi connectivity index (χ1) is 10.7. The molecule has 1 aliphatic carbocycles. The van der Waals surface area contributed by atoms with Gasteiger partial charge in [0.2, 0.25) is 11.8 Å². The van der Waals surface area contributed by atoms with Gasteiger partial charge < -0.3 is 10.6 Å². The molecule has 0 aromatic heterocycles. The quantitative estimate of drug-likeness (QED) is 0.931. The van der Waals surface area contributed by atoms with E-state index in [0.29, 0.717) is 19.5 Å². The zero-order valence-electron chi connectivity index (χ0n) is 14.3. The van der Waals surface area contributed by atoms with Crippen LogP contribution in [0.2, 0.25) is 0 Å². The Kier molecular flexibility index (Phi) is 3.74. The molecule has 0 bridgehead atoms. The van der Waals surface area contributed by atoms with Crippen LogP contribution in [0.15, 0.2) is 24.3 Å². The summed E-state index contributed by atoms with van der Waals surface area (Å²) in [7, 11) is 0. The summed E-state index contributed by atoms with van der Waals surface area (Å²) in [5.41, 5.74) is 7.52. The van der Waals surface area contributed by atoms with Crippen molar-refractivity contribution in [2.45, 2.75) is 50.9 Å². The van der Waals surface area contributed by atoms with E-state index >= 15 is 0 Å². The summed E-state index contributed by atoms with van der Waals surface area (Å²) in [5, 5.41) is 0. The summed E-state index contributed by atoms with van der Waals surface area (Å²) in [5.74, 6) is -0.303. The molecule has 0 radical (unpaired) electrons. The predicted molar refractivity (Wildman–Crippen MR) is 89.9 cm³/mol. The molecule has 1 saturated carbocycles. The Labute approximate surface area is 138 Å². The van der Waals surface area contributed by atoms with Crippen molar-refractivity contribution in [2.24, 2.45) is 11.7 Å². The van der Waals surface area contributed by atoms with Crippen LogP contribution in [-0.2, 0) is 20.4 Å². The third-order valence-electron chi connectivity index (χ3n) is 5.34. The topological polar surface area (TPSA) is 63.4 Å². The second-order valence-corrected chi connectivity index (χ2v) is 8.05. The van der Waals surface area contributed by atoms with E-state index in [4.69, 9.17) is 5.73 Å². The lowest BCUT2D eigenvalue weighted by Crippen LogP contribution is -2.39. The number of carbonyl (C=O) groups excluding carboxylic acids is 2. The number of amides is 2. The lowest BCUT2D eigenvalue weighted by molar-refractivity contribution is -0.133.